The Balaban J connectivity index is 2.78. The summed E-state index contributed by atoms with van der Waals surface area (Å²) in [7, 11) is -0.166. The van der Waals surface area contributed by atoms with E-state index in [0.717, 1.165) is 6.26 Å². The van der Waals surface area contributed by atoms with E-state index in [1.807, 2.05) is 0 Å². The summed E-state index contributed by atoms with van der Waals surface area (Å²) >= 11 is 0. The zero-order chi connectivity index (χ0) is 15.4. The topological polar surface area (TPSA) is 118 Å². The zero-order valence-electron chi connectivity index (χ0n) is 12.2. The molecule has 20 heavy (non-hydrogen) atoms. The van der Waals surface area contributed by atoms with E-state index in [9.17, 15) is 8.42 Å². The summed E-state index contributed by atoms with van der Waals surface area (Å²) in [5.74, 6) is 0.651. The molecule has 0 bridgehead atoms. The lowest BCUT2D eigenvalue weighted by atomic mass is 10.1. The van der Waals surface area contributed by atoms with E-state index in [-0.39, 0.29) is 6.01 Å². The minimum atomic E-state index is -3.29. The smallest absolute Gasteiger partial charge is 0.322 e. The van der Waals surface area contributed by atoms with Crippen LogP contribution in [-0.4, -0.2) is 55.9 Å². The fourth-order valence-electron chi connectivity index (χ4n) is 1.48. The van der Waals surface area contributed by atoms with Crippen LogP contribution in [0.5, 0.6) is 6.01 Å². The lowest BCUT2D eigenvalue weighted by Gasteiger charge is -2.25. The van der Waals surface area contributed by atoms with Gasteiger partial charge in [0.2, 0.25) is 21.9 Å². The molecule has 0 spiro atoms. The summed E-state index contributed by atoms with van der Waals surface area (Å²) in [5.41, 5.74) is -0.687. The van der Waals surface area contributed by atoms with E-state index in [4.69, 9.17) is 4.74 Å². The Morgan fingerprint density at radius 1 is 1.20 bits per heavy atom. The number of anilines is 2. The normalized spacial score (nSPS) is 12.1. The lowest BCUT2D eigenvalue weighted by Crippen LogP contribution is -2.48. The van der Waals surface area contributed by atoms with Crippen LogP contribution in [0.25, 0.3) is 0 Å². The summed E-state index contributed by atoms with van der Waals surface area (Å²) in [4.78, 5) is 12.1. The minimum Gasteiger partial charge on any atom is -0.467 e. The quantitative estimate of drug-likeness (QED) is 0.626. The second kappa shape index (κ2) is 6.18. The number of methoxy groups -OCH3 is 1. The van der Waals surface area contributed by atoms with E-state index < -0.39 is 15.6 Å². The first-order valence-electron chi connectivity index (χ1n) is 5.86. The number of nitrogens with one attached hydrogen (secondary N) is 3. The maximum absolute atomic E-state index is 11.2. The van der Waals surface area contributed by atoms with Gasteiger partial charge in [-0.2, -0.15) is 15.0 Å². The summed E-state index contributed by atoms with van der Waals surface area (Å²) in [6.45, 7) is 3.80. The molecule has 0 fully saturated rings. The van der Waals surface area contributed by atoms with Crippen molar-refractivity contribution < 1.29 is 13.2 Å². The van der Waals surface area contributed by atoms with Crippen LogP contribution in [-0.2, 0) is 10.0 Å². The maximum Gasteiger partial charge on any atom is 0.322 e. The first kappa shape index (κ1) is 16.4. The van der Waals surface area contributed by atoms with Crippen LogP contribution in [0.15, 0.2) is 0 Å². The van der Waals surface area contributed by atoms with Crippen molar-refractivity contribution in [3.05, 3.63) is 0 Å². The van der Waals surface area contributed by atoms with Crippen molar-refractivity contribution in [2.45, 2.75) is 19.4 Å². The Hall–Kier alpha value is -1.68. The van der Waals surface area contributed by atoms with Gasteiger partial charge < -0.3 is 15.4 Å². The van der Waals surface area contributed by atoms with Gasteiger partial charge in [0.15, 0.2) is 0 Å². The molecule has 0 aliphatic rings. The second-order valence-corrected chi connectivity index (χ2v) is 6.58. The number of hydrogen-bond acceptors (Lipinski definition) is 8. The highest BCUT2D eigenvalue weighted by atomic mass is 32.2. The second-order valence-electron chi connectivity index (χ2n) is 4.83. The van der Waals surface area contributed by atoms with E-state index in [2.05, 4.69) is 30.3 Å². The van der Waals surface area contributed by atoms with Crippen molar-refractivity contribution in [2.24, 2.45) is 0 Å². The van der Waals surface area contributed by atoms with Crippen molar-refractivity contribution >= 4 is 21.9 Å². The Morgan fingerprint density at radius 2 is 1.80 bits per heavy atom. The Kier molecular flexibility index (Phi) is 5.06. The van der Waals surface area contributed by atoms with E-state index in [0.29, 0.717) is 18.4 Å². The highest BCUT2D eigenvalue weighted by molar-refractivity contribution is 7.88. The monoisotopic (exact) mass is 304 g/mol. The van der Waals surface area contributed by atoms with Crippen molar-refractivity contribution in [3.63, 3.8) is 0 Å². The molecule has 0 saturated carbocycles. The highest BCUT2D eigenvalue weighted by Crippen LogP contribution is 2.12. The lowest BCUT2D eigenvalue weighted by molar-refractivity contribution is 0.379. The Morgan fingerprint density at radius 3 is 2.30 bits per heavy atom. The first-order chi connectivity index (χ1) is 9.15. The van der Waals surface area contributed by atoms with Crippen LogP contribution in [0.3, 0.4) is 0 Å². The zero-order valence-corrected chi connectivity index (χ0v) is 13.0. The fourth-order valence-corrected chi connectivity index (χ4v) is 2.55. The van der Waals surface area contributed by atoms with Gasteiger partial charge in [-0.15, -0.1) is 0 Å². The third kappa shape index (κ3) is 5.53. The molecular formula is C10H20N6O3S. The molecule has 0 radical (unpaired) electrons. The van der Waals surface area contributed by atoms with Crippen LogP contribution in [0.4, 0.5) is 11.9 Å². The van der Waals surface area contributed by atoms with Gasteiger partial charge in [-0.05, 0) is 13.8 Å². The van der Waals surface area contributed by atoms with Crippen molar-refractivity contribution in [1.82, 2.24) is 19.7 Å². The Bertz CT molecular complexity index is 538. The van der Waals surface area contributed by atoms with Gasteiger partial charge >= 0.3 is 6.01 Å². The molecule has 1 heterocycles. The summed E-state index contributed by atoms with van der Waals surface area (Å²) in [6.07, 6.45) is 1.11. The molecule has 0 aliphatic heterocycles. The minimum absolute atomic E-state index is 0.167. The molecule has 114 valence electrons. The fraction of sp³-hybridized carbons (Fsp3) is 0.700. The molecule has 10 heteroatoms. The number of rotatable bonds is 7. The van der Waals surface area contributed by atoms with Crippen molar-refractivity contribution in [2.75, 3.05) is 37.6 Å². The number of hydrogen-bond donors (Lipinski definition) is 3. The molecule has 1 aromatic heterocycles. The van der Waals surface area contributed by atoms with E-state index in [1.54, 1.807) is 20.9 Å². The van der Waals surface area contributed by atoms with Crippen molar-refractivity contribution in [1.29, 1.82) is 0 Å². The summed E-state index contributed by atoms with van der Waals surface area (Å²) in [6, 6.07) is 0.167. The largest absolute Gasteiger partial charge is 0.467 e. The van der Waals surface area contributed by atoms with Crippen LogP contribution in [0.2, 0.25) is 0 Å². The van der Waals surface area contributed by atoms with Crippen LogP contribution >= 0.6 is 0 Å². The van der Waals surface area contributed by atoms with Gasteiger partial charge in [-0.3, -0.25) is 0 Å². The molecule has 1 rings (SSSR count). The maximum atomic E-state index is 11.2. The first-order valence-corrected chi connectivity index (χ1v) is 7.75. The van der Waals surface area contributed by atoms with Crippen LogP contribution < -0.4 is 20.1 Å². The van der Waals surface area contributed by atoms with Crippen molar-refractivity contribution in [3.8, 4) is 6.01 Å². The van der Waals surface area contributed by atoms with E-state index >= 15 is 0 Å². The summed E-state index contributed by atoms with van der Waals surface area (Å²) in [5, 5.41) is 5.73. The van der Waals surface area contributed by atoms with E-state index in [1.165, 1.54) is 7.11 Å². The third-order valence-corrected chi connectivity index (χ3v) is 3.09. The molecule has 0 unspecified atom stereocenters. The average molecular weight is 304 g/mol. The van der Waals surface area contributed by atoms with Gasteiger partial charge in [0.25, 0.3) is 0 Å². The average Bonchev–Trinajstić information content (AvgIpc) is 2.33. The third-order valence-electron chi connectivity index (χ3n) is 2.17. The molecule has 0 aromatic carbocycles. The Labute approximate surface area is 118 Å². The van der Waals surface area contributed by atoms with Gasteiger partial charge in [-0.25, -0.2) is 13.1 Å². The highest BCUT2D eigenvalue weighted by Gasteiger charge is 2.22. The number of nitrogens with zero attached hydrogens (tertiary/aromatic N) is 3. The van der Waals surface area contributed by atoms with Gasteiger partial charge in [0, 0.05) is 19.1 Å². The van der Waals surface area contributed by atoms with Gasteiger partial charge in [0.05, 0.1) is 13.4 Å². The molecule has 0 aliphatic carbocycles. The van der Waals surface area contributed by atoms with Gasteiger partial charge in [-0.1, -0.05) is 0 Å². The number of aromatic nitrogens is 3. The standard InChI is InChI=1S/C10H20N6O3S/c1-10(2,16-20(5,17)18)6-12-8-13-7(11-3)14-9(15-8)19-4/h16H,6H2,1-5H3,(H2,11,12,13,14,15). The van der Waals surface area contributed by atoms with Crippen LogP contribution in [0.1, 0.15) is 13.8 Å². The molecular weight excluding hydrogens is 284 g/mol. The molecule has 1 aromatic rings. The molecule has 0 saturated heterocycles. The molecule has 0 amide bonds. The molecule has 9 nitrogen and oxygen atoms in total. The number of sulfonamides is 1. The molecule has 3 N–H and O–H groups in total. The van der Waals surface area contributed by atoms with Crippen LogP contribution in [0, 0.1) is 0 Å². The van der Waals surface area contributed by atoms with Gasteiger partial charge in [0.1, 0.15) is 0 Å². The number of ether oxygens (including phenoxy) is 1. The molecule has 0 atom stereocenters. The SMILES string of the molecule is CNc1nc(NCC(C)(C)NS(C)(=O)=O)nc(OC)n1. The predicted molar refractivity (Wildman–Crippen MR) is 76.5 cm³/mol. The predicted octanol–water partition coefficient (Wildman–Crippen LogP) is -0.338. The summed E-state index contributed by atoms with van der Waals surface area (Å²) < 4.78 is 30.0.